The Labute approximate surface area is 227 Å². The molecule has 4 rings (SSSR count). The largest absolute Gasteiger partial charge is 0.344 e. The highest BCUT2D eigenvalue weighted by atomic mass is 35.5. The first-order valence-electron chi connectivity index (χ1n) is 11.6. The van der Waals surface area contributed by atoms with Crippen molar-refractivity contribution < 1.29 is 13.2 Å². The Balaban J connectivity index is 1.72. The Morgan fingerprint density at radius 2 is 1.41 bits per heavy atom. The molecule has 1 atom stereocenters. The van der Waals surface area contributed by atoms with E-state index in [0.717, 1.165) is 26.6 Å². The fourth-order valence-electron chi connectivity index (χ4n) is 4.03. The van der Waals surface area contributed by atoms with Gasteiger partial charge in [0.1, 0.15) is 6.54 Å². The van der Waals surface area contributed by atoms with E-state index in [1.807, 2.05) is 68.4 Å². The molecule has 5 nitrogen and oxygen atoms in total. The summed E-state index contributed by atoms with van der Waals surface area (Å²) in [5, 5.41) is 3.54. The molecule has 37 heavy (non-hydrogen) atoms. The Morgan fingerprint density at radius 3 is 2.03 bits per heavy atom. The van der Waals surface area contributed by atoms with Gasteiger partial charge in [0.15, 0.2) is 0 Å². The number of anilines is 1. The van der Waals surface area contributed by atoms with Crippen molar-refractivity contribution in [2.75, 3.05) is 10.8 Å². The minimum Gasteiger partial charge on any atom is -0.344 e. The fourth-order valence-corrected chi connectivity index (χ4v) is 5.95. The van der Waals surface area contributed by atoms with Crippen molar-refractivity contribution in [3.8, 4) is 0 Å². The maximum Gasteiger partial charge on any atom is 0.264 e. The van der Waals surface area contributed by atoms with Crippen molar-refractivity contribution in [2.45, 2.75) is 24.8 Å². The molecule has 0 aliphatic rings. The lowest BCUT2D eigenvalue weighted by molar-refractivity contribution is -0.120. The molecule has 1 unspecified atom stereocenters. The molecule has 0 saturated carbocycles. The van der Waals surface area contributed by atoms with Crippen molar-refractivity contribution >= 4 is 44.8 Å². The molecule has 0 saturated heterocycles. The lowest BCUT2D eigenvalue weighted by Gasteiger charge is -2.26. The zero-order valence-corrected chi connectivity index (χ0v) is 22.7. The smallest absolute Gasteiger partial charge is 0.264 e. The van der Waals surface area contributed by atoms with E-state index in [1.165, 1.54) is 30.3 Å². The molecule has 0 aromatic heterocycles. The van der Waals surface area contributed by atoms with Crippen LogP contribution in [0.1, 0.15) is 28.3 Å². The predicted molar refractivity (Wildman–Crippen MR) is 150 cm³/mol. The van der Waals surface area contributed by atoms with Crippen LogP contribution in [0.4, 0.5) is 5.69 Å². The quantitative estimate of drug-likeness (QED) is 0.264. The molecule has 1 N–H and O–H groups in total. The first-order chi connectivity index (χ1) is 17.6. The maximum atomic E-state index is 13.7. The molecule has 0 fully saturated rings. The van der Waals surface area contributed by atoms with Gasteiger partial charge in [0, 0.05) is 10.0 Å². The van der Waals surface area contributed by atoms with Gasteiger partial charge in [-0.3, -0.25) is 9.10 Å². The van der Waals surface area contributed by atoms with Gasteiger partial charge in [-0.1, -0.05) is 101 Å². The van der Waals surface area contributed by atoms with Crippen LogP contribution in [0.3, 0.4) is 0 Å². The van der Waals surface area contributed by atoms with Gasteiger partial charge in [0.2, 0.25) is 5.91 Å². The van der Waals surface area contributed by atoms with Gasteiger partial charge in [-0.05, 0) is 55.3 Å². The van der Waals surface area contributed by atoms with Crippen LogP contribution in [-0.2, 0) is 14.8 Å². The van der Waals surface area contributed by atoms with Crippen molar-refractivity contribution in [3.05, 3.63) is 129 Å². The normalized spacial score (nSPS) is 12.1. The van der Waals surface area contributed by atoms with Crippen LogP contribution in [-0.4, -0.2) is 20.9 Å². The molecule has 0 heterocycles. The highest BCUT2D eigenvalue weighted by molar-refractivity contribution is 7.92. The van der Waals surface area contributed by atoms with Crippen molar-refractivity contribution in [1.29, 1.82) is 0 Å². The number of sulfonamides is 1. The third-order valence-corrected chi connectivity index (χ3v) is 8.07. The third kappa shape index (κ3) is 6.52. The number of hydrogen-bond acceptors (Lipinski definition) is 3. The summed E-state index contributed by atoms with van der Waals surface area (Å²) < 4.78 is 28.5. The molecule has 8 heteroatoms. The van der Waals surface area contributed by atoms with E-state index >= 15 is 0 Å². The van der Waals surface area contributed by atoms with Gasteiger partial charge < -0.3 is 5.32 Å². The fraction of sp³-hybridized carbons (Fsp3) is 0.138. The van der Waals surface area contributed by atoms with Crippen molar-refractivity contribution in [3.63, 3.8) is 0 Å². The third-order valence-electron chi connectivity index (χ3n) is 5.85. The second-order valence-corrected chi connectivity index (χ2v) is 11.5. The Kier molecular flexibility index (Phi) is 8.22. The van der Waals surface area contributed by atoms with E-state index in [4.69, 9.17) is 23.2 Å². The van der Waals surface area contributed by atoms with Crippen LogP contribution in [0.25, 0.3) is 0 Å². The average Bonchev–Trinajstić information content (AvgIpc) is 2.86. The van der Waals surface area contributed by atoms with Crippen LogP contribution in [0.5, 0.6) is 0 Å². The molecule has 190 valence electrons. The molecule has 4 aromatic rings. The van der Waals surface area contributed by atoms with Gasteiger partial charge in [0.25, 0.3) is 10.0 Å². The van der Waals surface area contributed by atoms with E-state index in [-0.39, 0.29) is 20.6 Å². The lowest BCUT2D eigenvalue weighted by Crippen LogP contribution is -2.42. The zero-order chi connectivity index (χ0) is 26.6. The summed E-state index contributed by atoms with van der Waals surface area (Å²) in [6.45, 7) is 3.38. The van der Waals surface area contributed by atoms with E-state index in [0.29, 0.717) is 0 Å². The number of halogens is 2. The number of hydrogen-bond donors (Lipinski definition) is 1. The molecule has 0 aliphatic heterocycles. The summed E-state index contributed by atoms with van der Waals surface area (Å²) in [7, 11) is -4.12. The van der Waals surface area contributed by atoms with Crippen molar-refractivity contribution in [2.24, 2.45) is 0 Å². The Bertz CT molecular complexity index is 1490. The first kappa shape index (κ1) is 26.7. The lowest BCUT2D eigenvalue weighted by atomic mass is 9.97. The van der Waals surface area contributed by atoms with Gasteiger partial charge in [-0.2, -0.15) is 0 Å². The number of rotatable bonds is 8. The minimum atomic E-state index is -4.12. The second kappa shape index (κ2) is 11.4. The van der Waals surface area contributed by atoms with Gasteiger partial charge in [-0.15, -0.1) is 0 Å². The van der Waals surface area contributed by atoms with E-state index < -0.39 is 28.5 Å². The molecule has 0 spiro atoms. The number of benzene rings is 4. The minimum absolute atomic E-state index is 0.0558. The van der Waals surface area contributed by atoms with Crippen LogP contribution in [0.15, 0.2) is 102 Å². The Morgan fingerprint density at radius 1 is 0.784 bits per heavy atom. The molecule has 0 radical (unpaired) electrons. The van der Waals surface area contributed by atoms with E-state index in [2.05, 4.69) is 5.32 Å². The average molecular weight is 554 g/mol. The summed E-state index contributed by atoms with van der Waals surface area (Å²) in [5.74, 6) is -0.484. The number of carbonyl (C=O) groups is 1. The monoisotopic (exact) mass is 552 g/mol. The molecular formula is C29H26Cl2N2O3S. The first-order valence-corrected chi connectivity index (χ1v) is 13.8. The highest BCUT2D eigenvalue weighted by Gasteiger charge is 2.29. The summed E-state index contributed by atoms with van der Waals surface area (Å²) >= 11 is 12.4. The molecule has 0 aliphatic carbocycles. The summed E-state index contributed by atoms with van der Waals surface area (Å²) in [6.07, 6.45) is 0. The number of aryl methyl sites for hydroxylation is 2. The maximum absolute atomic E-state index is 13.7. The number of amides is 1. The summed E-state index contributed by atoms with van der Waals surface area (Å²) in [4.78, 5) is 13.5. The zero-order valence-electron chi connectivity index (χ0n) is 20.4. The van der Waals surface area contributed by atoms with Gasteiger partial charge in [0.05, 0.1) is 16.6 Å². The van der Waals surface area contributed by atoms with E-state index in [1.54, 1.807) is 12.1 Å². The number of carbonyl (C=O) groups excluding carboxylic acids is 1. The molecule has 0 bridgehead atoms. The predicted octanol–water partition coefficient (Wildman–Crippen LogP) is 6.71. The van der Waals surface area contributed by atoms with Crippen LogP contribution >= 0.6 is 23.2 Å². The SMILES string of the molecule is Cc1ccc(S(=O)(=O)N(CC(=O)NC(c2ccccc2)c2cccc(C)c2)c2cc(Cl)cc(Cl)c2)cc1. The van der Waals surface area contributed by atoms with Gasteiger partial charge >= 0.3 is 0 Å². The topological polar surface area (TPSA) is 66.5 Å². The molecule has 1 amide bonds. The van der Waals surface area contributed by atoms with Gasteiger partial charge in [-0.25, -0.2) is 8.42 Å². The molecular weight excluding hydrogens is 527 g/mol. The number of nitrogens with one attached hydrogen (secondary N) is 1. The van der Waals surface area contributed by atoms with Crippen LogP contribution in [0.2, 0.25) is 10.0 Å². The second-order valence-electron chi connectivity index (χ2n) is 8.78. The van der Waals surface area contributed by atoms with Crippen molar-refractivity contribution in [1.82, 2.24) is 5.32 Å². The highest BCUT2D eigenvalue weighted by Crippen LogP contribution is 2.30. The van der Waals surface area contributed by atoms with E-state index in [9.17, 15) is 13.2 Å². The van der Waals surface area contributed by atoms with Crippen LogP contribution < -0.4 is 9.62 Å². The number of nitrogens with zero attached hydrogens (tertiary/aromatic N) is 1. The summed E-state index contributed by atoms with van der Waals surface area (Å²) in [6, 6.07) is 27.8. The van der Waals surface area contributed by atoms with Crippen LogP contribution in [0, 0.1) is 13.8 Å². The molecule has 4 aromatic carbocycles. The Hall–Kier alpha value is -3.32. The standard InChI is InChI=1S/C29H26Cl2N2O3S/c1-20-11-13-27(14-12-20)37(35,36)33(26-17-24(30)16-25(31)18-26)19-28(34)32-29(22-8-4-3-5-9-22)23-10-6-7-21(2)15-23/h3-18,29H,19H2,1-2H3,(H,32,34). The summed E-state index contributed by atoms with van der Waals surface area (Å²) in [5.41, 5.74) is 3.92.